The third kappa shape index (κ3) is 2.78. The molecular formula is C15H21N3O. The third-order valence-corrected chi connectivity index (χ3v) is 4.23. The molecule has 0 spiro atoms. The lowest BCUT2D eigenvalue weighted by atomic mass is 10.0. The minimum absolute atomic E-state index is 0.0292. The van der Waals surface area contributed by atoms with Gasteiger partial charge < -0.3 is 11.1 Å². The minimum atomic E-state index is 0.0292. The molecule has 3 rings (SSSR count). The molecule has 102 valence electrons. The van der Waals surface area contributed by atoms with Crippen molar-refractivity contribution in [1.29, 1.82) is 0 Å². The van der Waals surface area contributed by atoms with Gasteiger partial charge in [-0.3, -0.25) is 9.78 Å². The Hall–Kier alpha value is -1.42. The molecular weight excluding hydrogens is 238 g/mol. The summed E-state index contributed by atoms with van der Waals surface area (Å²) in [6.45, 7) is 0.799. The summed E-state index contributed by atoms with van der Waals surface area (Å²) in [6.07, 6.45) is 7.01. The van der Waals surface area contributed by atoms with Crippen molar-refractivity contribution in [2.24, 2.45) is 11.7 Å². The minimum Gasteiger partial charge on any atom is -0.356 e. The molecule has 2 bridgehead atoms. The number of carbonyl (C=O) groups is 1. The van der Waals surface area contributed by atoms with Gasteiger partial charge in [0.15, 0.2) is 0 Å². The van der Waals surface area contributed by atoms with Crippen LogP contribution in [0, 0.1) is 5.92 Å². The number of nitrogens with zero attached hydrogens (tertiary/aromatic N) is 1. The van der Waals surface area contributed by atoms with Crippen LogP contribution in [0.2, 0.25) is 0 Å². The molecule has 0 aromatic carbocycles. The second-order valence-electron chi connectivity index (χ2n) is 5.71. The Labute approximate surface area is 113 Å². The summed E-state index contributed by atoms with van der Waals surface area (Å²) in [5.41, 5.74) is 8.40. The zero-order valence-electron chi connectivity index (χ0n) is 11.1. The first kappa shape index (κ1) is 12.6. The van der Waals surface area contributed by atoms with Crippen LogP contribution in [0.1, 0.15) is 55.3 Å². The van der Waals surface area contributed by atoms with Crippen molar-refractivity contribution in [2.45, 2.75) is 44.1 Å². The van der Waals surface area contributed by atoms with Crippen molar-refractivity contribution < 1.29 is 4.79 Å². The fraction of sp³-hybridized carbons (Fsp3) is 0.600. The first-order valence-corrected chi connectivity index (χ1v) is 7.25. The van der Waals surface area contributed by atoms with Gasteiger partial charge in [0.05, 0.1) is 5.69 Å². The number of hydrogen-bond donors (Lipinski definition) is 2. The molecule has 1 saturated carbocycles. The molecule has 1 aliphatic heterocycles. The Kier molecular flexibility index (Phi) is 3.51. The zero-order valence-corrected chi connectivity index (χ0v) is 11.1. The SMILES string of the molecule is N[C@H]1CCCCCNC(=O)[C@@H]2C[C@@H]2c2ccnc1c2. The highest BCUT2D eigenvalue weighted by atomic mass is 16.2. The van der Waals surface area contributed by atoms with Crippen LogP contribution < -0.4 is 11.1 Å². The van der Waals surface area contributed by atoms with E-state index in [-0.39, 0.29) is 17.9 Å². The van der Waals surface area contributed by atoms with Gasteiger partial charge in [0, 0.05) is 24.7 Å². The summed E-state index contributed by atoms with van der Waals surface area (Å²) >= 11 is 0. The lowest BCUT2D eigenvalue weighted by Gasteiger charge is -2.11. The number of rotatable bonds is 0. The number of nitrogens with one attached hydrogen (secondary N) is 1. The number of amides is 1. The monoisotopic (exact) mass is 259 g/mol. The Morgan fingerprint density at radius 2 is 2.16 bits per heavy atom. The molecule has 1 aliphatic carbocycles. The van der Waals surface area contributed by atoms with E-state index < -0.39 is 0 Å². The van der Waals surface area contributed by atoms with Gasteiger partial charge in [-0.15, -0.1) is 0 Å². The molecule has 19 heavy (non-hydrogen) atoms. The summed E-state index contributed by atoms with van der Waals surface area (Å²) in [4.78, 5) is 16.4. The van der Waals surface area contributed by atoms with Gasteiger partial charge in [-0.05, 0) is 42.9 Å². The van der Waals surface area contributed by atoms with E-state index in [0.29, 0.717) is 5.92 Å². The molecule has 0 unspecified atom stereocenters. The molecule has 1 aromatic heterocycles. The maximum Gasteiger partial charge on any atom is 0.223 e. The van der Waals surface area contributed by atoms with E-state index in [4.69, 9.17) is 5.73 Å². The number of fused-ring (bicyclic) bond motifs is 4. The summed E-state index contributed by atoms with van der Waals surface area (Å²) in [5, 5.41) is 3.05. The van der Waals surface area contributed by atoms with Crippen molar-refractivity contribution >= 4 is 5.91 Å². The second-order valence-corrected chi connectivity index (χ2v) is 5.71. The van der Waals surface area contributed by atoms with E-state index in [9.17, 15) is 4.79 Å². The Morgan fingerprint density at radius 1 is 1.26 bits per heavy atom. The summed E-state index contributed by atoms with van der Waals surface area (Å²) in [6, 6.07) is 4.15. The van der Waals surface area contributed by atoms with Crippen LogP contribution in [0.25, 0.3) is 0 Å². The predicted octanol–water partition coefficient (Wildman–Crippen LogP) is 1.88. The molecule has 1 amide bonds. The Balaban J connectivity index is 1.82. The van der Waals surface area contributed by atoms with Gasteiger partial charge in [-0.25, -0.2) is 0 Å². The second kappa shape index (κ2) is 5.29. The number of nitrogens with two attached hydrogens (primary N) is 1. The largest absolute Gasteiger partial charge is 0.356 e. The van der Waals surface area contributed by atoms with Crippen LogP contribution in [-0.4, -0.2) is 17.4 Å². The van der Waals surface area contributed by atoms with Gasteiger partial charge in [-0.1, -0.05) is 12.8 Å². The molecule has 2 heterocycles. The van der Waals surface area contributed by atoms with Crippen LogP contribution in [0.5, 0.6) is 0 Å². The van der Waals surface area contributed by atoms with Crippen molar-refractivity contribution in [3.05, 3.63) is 29.6 Å². The van der Waals surface area contributed by atoms with Crippen molar-refractivity contribution in [1.82, 2.24) is 10.3 Å². The smallest absolute Gasteiger partial charge is 0.223 e. The fourth-order valence-electron chi connectivity index (χ4n) is 2.91. The van der Waals surface area contributed by atoms with E-state index in [1.807, 2.05) is 12.3 Å². The molecule has 3 atom stereocenters. The van der Waals surface area contributed by atoms with Gasteiger partial charge in [0.2, 0.25) is 5.91 Å². The molecule has 1 aromatic rings. The highest BCUT2D eigenvalue weighted by molar-refractivity contribution is 5.82. The Bertz CT molecular complexity index is 474. The number of carbonyl (C=O) groups excluding carboxylic acids is 1. The van der Waals surface area contributed by atoms with Crippen LogP contribution >= 0.6 is 0 Å². The van der Waals surface area contributed by atoms with E-state index in [1.54, 1.807) is 0 Å². The molecule has 0 radical (unpaired) electrons. The fourth-order valence-corrected chi connectivity index (χ4v) is 2.91. The first-order chi connectivity index (χ1) is 9.25. The maximum absolute atomic E-state index is 12.0. The zero-order chi connectivity index (χ0) is 13.2. The lowest BCUT2D eigenvalue weighted by Crippen LogP contribution is -2.26. The Morgan fingerprint density at radius 3 is 3.05 bits per heavy atom. The van der Waals surface area contributed by atoms with E-state index in [2.05, 4.69) is 16.4 Å². The van der Waals surface area contributed by atoms with E-state index in [1.165, 1.54) is 5.56 Å². The topological polar surface area (TPSA) is 68.0 Å². The van der Waals surface area contributed by atoms with Gasteiger partial charge in [-0.2, -0.15) is 0 Å². The van der Waals surface area contributed by atoms with Crippen LogP contribution in [0.15, 0.2) is 18.3 Å². The summed E-state index contributed by atoms with van der Waals surface area (Å²) in [5.74, 6) is 0.744. The molecule has 1 fully saturated rings. The highest BCUT2D eigenvalue weighted by Crippen LogP contribution is 2.47. The van der Waals surface area contributed by atoms with Gasteiger partial charge >= 0.3 is 0 Å². The van der Waals surface area contributed by atoms with Crippen molar-refractivity contribution in [3.63, 3.8) is 0 Å². The standard InChI is InChI=1S/C15H21N3O/c16-13-4-2-1-3-6-18-15(19)12-9-11(12)10-5-7-17-14(13)8-10/h5,7-8,11-13H,1-4,6,9,16H2,(H,18,19)/t11-,12-,13+/m1/s1. The quantitative estimate of drug-likeness (QED) is 0.747. The maximum atomic E-state index is 12.0. The van der Waals surface area contributed by atoms with Gasteiger partial charge in [0.1, 0.15) is 0 Å². The van der Waals surface area contributed by atoms with Crippen molar-refractivity contribution in [2.75, 3.05) is 6.54 Å². The average Bonchev–Trinajstić information content (AvgIpc) is 3.22. The number of hydrogen-bond acceptors (Lipinski definition) is 3. The first-order valence-electron chi connectivity index (χ1n) is 7.25. The molecule has 0 saturated heterocycles. The molecule has 2 aliphatic rings. The predicted molar refractivity (Wildman–Crippen MR) is 73.5 cm³/mol. The lowest BCUT2D eigenvalue weighted by molar-refractivity contribution is -0.122. The number of pyridine rings is 1. The molecule has 4 nitrogen and oxygen atoms in total. The summed E-state index contributed by atoms with van der Waals surface area (Å²) < 4.78 is 0. The summed E-state index contributed by atoms with van der Waals surface area (Å²) in [7, 11) is 0. The highest BCUT2D eigenvalue weighted by Gasteiger charge is 2.43. The van der Waals surface area contributed by atoms with Crippen LogP contribution in [-0.2, 0) is 4.79 Å². The van der Waals surface area contributed by atoms with Crippen LogP contribution in [0.3, 0.4) is 0 Å². The molecule has 3 N–H and O–H groups in total. The average molecular weight is 259 g/mol. The normalized spacial score (nSPS) is 31.2. The van der Waals surface area contributed by atoms with Crippen molar-refractivity contribution in [3.8, 4) is 0 Å². The van der Waals surface area contributed by atoms with E-state index >= 15 is 0 Å². The van der Waals surface area contributed by atoms with Crippen LogP contribution in [0.4, 0.5) is 0 Å². The van der Waals surface area contributed by atoms with Gasteiger partial charge in [0.25, 0.3) is 0 Å². The number of aromatic nitrogens is 1. The third-order valence-electron chi connectivity index (χ3n) is 4.23. The van der Waals surface area contributed by atoms with E-state index in [0.717, 1.165) is 44.3 Å². The molecule has 4 heteroatoms.